The number of hydrogen-bond acceptors (Lipinski definition) is 5. The van der Waals surface area contributed by atoms with Gasteiger partial charge in [0.05, 0.1) is 15.2 Å². The highest BCUT2D eigenvalue weighted by atomic mass is 79.9. The zero-order chi connectivity index (χ0) is 15.1. The van der Waals surface area contributed by atoms with E-state index in [-0.39, 0.29) is 12.7 Å². The largest absolute Gasteiger partial charge is 0.454 e. The predicted octanol–water partition coefficient (Wildman–Crippen LogP) is 3.99. The van der Waals surface area contributed by atoms with Gasteiger partial charge in [0.25, 0.3) is 0 Å². The highest BCUT2D eigenvalue weighted by Crippen LogP contribution is 2.42. The molecule has 0 unspecified atom stereocenters. The van der Waals surface area contributed by atoms with Gasteiger partial charge >= 0.3 is 0 Å². The average Bonchev–Trinajstić information content (AvgIpc) is 2.90. The zero-order valence-corrected chi connectivity index (χ0v) is 13.8. The highest BCUT2D eigenvalue weighted by molar-refractivity contribution is 9.10. The summed E-state index contributed by atoms with van der Waals surface area (Å²) in [5.74, 6) is 2.27. The summed E-state index contributed by atoms with van der Waals surface area (Å²) in [5, 5.41) is 0.469. The minimum absolute atomic E-state index is 0.166. The number of anilines is 1. The number of aromatic nitrogens is 2. The normalized spacial score (nSPS) is 13.0. The van der Waals surface area contributed by atoms with E-state index in [0.717, 1.165) is 15.7 Å². The first-order valence-electron chi connectivity index (χ1n) is 6.39. The van der Waals surface area contributed by atoms with Gasteiger partial charge in [0.2, 0.25) is 6.79 Å². The Morgan fingerprint density at radius 3 is 2.76 bits per heavy atom. The maximum Gasteiger partial charge on any atom is 0.231 e. The summed E-state index contributed by atoms with van der Waals surface area (Å²) in [7, 11) is 0. The molecule has 5 nitrogen and oxygen atoms in total. The van der Waals surface area contributed by atoms with Crippen molar-refractivity contribution in [3.8, 4) is 22.9 Å². The van der Waals surface area contributed by atoms with Crippen molar-refractivity contribution in [1.82, 2.24) is 9.97 Å². The Bertz CT molecular complexity index is 722. The van der Waals surface area contributed by atoms with Gasteiger partial charge in [-0.1, -0.05) is 25.4 Å². The van der Waals surface area contributed by atoms with E-state index in [1.54, 1.807) is 12.1 Å². The SMILES string of the molecule is CC(C)c1nc(-c2cc(Cl)c3c(c2)OCO3)nc(N)c1Br. The molecule has 0 amide bonds. The second-order valence-corrected chi connectivity index (χ2v) is 6.18. The number of benzene rings is 1. The Balaban J connectivity index is 2.15. The van der Waals surface area contributed by atoms with Crippen molar-refractivity contribution in [2.75, 3.05) is 12.5 Å². The molecule has 0 radical (unpaired) electrons. The number of fused-ring (bicyclic) bond motifs is 1. The van der Waals surface area contributed by atoms with Crippen LogP contribution >= 0.6 is 27.5 Å². The van der Waals surface area contributed by atoms with Gasteiger partial charge in [-0.25, -0.2) is 9.97 Å². The minimum atomic E-state index is 0.166. The van der Waals surface area contributed by atoms with Crippen molar-refractivity contribution in [3.63, 3.8) is 0 Å². The van der Waals surface area contributed by atoms with Crippen LogP contribution in [0.2, 0.25) is 5.02 Å². The molecule has 0 atom stereocenters. The van der Waals surface area contributed by atoms with Gasteiger partial charge in [-0.05, 0) is 34.0 Å². The third-order valence-corrected chi connectivity index (χ3v) is 4.23. The molecular weight excluding hydrogens is 358 g/mol. The smallest absolute Gasteiger partial charge is 0.231 e. The van der Waals surface area contributed by atoms with Gasteiger partial charge in [-0.15, -0.1) is 0 Å². The number of hydrogen-bond donors (Lipinski definition) is 1. The van der Waals surface area contributed by atoms with E-state index in [2.05, 4.69) is 25.9 Å². The minimum Gasteiger partial charge on any atom is -0.454 e. The third kappa shape index (κ3) is 2.53. The molecule has 2 aromatic rings. The molecule has 2 heterocycles. The lowest BCUT2D eigenvalue weighted by molar-refractivity contribution is 0.174. The van der Waals surface area contributed by atoms with E-state index in [0.29, 0.717) is 28.2 Å². The second-order valence-electron chi connectivity index (χ2n) is 4.98. The number of halogens is 2. The molecule has 0 spiro atoms. The Morgan fingerprint density at radius 1 is 1.29 bits per heavy atom. The molecule has 3 rings (SSSR count). The molecule has 1 aliphatic rings. The summed E-state index contributed by atoms with van der Waals surface area (Å²) >= 11 is 9.63. The Morgan fingerprint density at radius 2 is 2.05 bits per heavy atom. The first-order valence-corrected chi connectivity index (χ1v) is 7.57. The Kier molecular flexibility index (Phi) is 3.67. The van der Waals surface area contributed by atoms with Crippen LogP contribution in [0.5, 0.6) is 11.5 Å². The van der Waals surface area contributed by atoms with Crippen molar-refractivity contribution in [2.24, 2.45) is 0 Å². The molecule has 0 aliphatic carbocycles. The summed E-state index contributed by atoms with van der Waals surface area (Å²) in [6.45, 7) is 4.25. The Hall–Kier alpha value is -1.53. The van der Waals surface area contributed by atoms with Gasteiger partial charge in [-0.3, -0.25) is 0 Å². The van der Waals surface area contributed by atoms with Crippen LogP contribution < -0.4 is 15.2 Å². The summed E-state index contributed by atoms with van der Waals surface area (Å²) in [5.41, 5.74) is 7.55. The lowest BCUT2D eigenvalue weighted by Crippen LogP contribution is -2.04. The monoisotopic (exact) mass is 369 g/mol. The lowest BCUT2D eigenvalue weighted by Gasteiger charge is -2.12. The van der Waals surface area contributed by atoms with Crippen LogP contribution in [-0.4, -0.2) is 16.8 Å². The quantitative estimate of drug-likeness (QED) is 0.865. The fraction of sp³-hybridized carbons (Fsp3) is 0.286. The number of nitrogen functional groups attached to an aromatic ring is 1. The van der Waals surface area contributed by atoms with Crippen molar-refractivity contribution in [1.29, 1.82) is 0 Å². The van der Waals surface area contributed by atoms with Crippen LogP contribution in [0, 0.1) is 0 Å². The van der Waals surface area contributed by atoms with E-state index in [9.17, 15) is 0 Å². The maximum atomic E-state index is 6.20. The molecule has 110 valence electrons. The Labute approximate surface area is 135 Å². The van der Waals surface area contributed by atoms with Crippen LogP contribution in [0.1, 0.15) is 25.5 Å². The van der Waals surface area contributed by atoms with Crippen LogP contribution in [0.4, 0.5) is 5.82 Å². The third-order valence-electron chi connectivity index (χ3n) is 3.13. The summed E-state index contributed by atoms with van der Waals surface area (Å²) in [6, 6.07) is 3.56. The van der Waals surface area contributed by atoms with Gasteiger partial charge in [0.15, 0.2) is 17.3 Å². The van der Waals surface area contributed by atoms with Crippen molar-refractivity contribution >= 4 is 33.3 Å². The number of ether oxygens (including phenoxy) is 2. The molecule has 1 aromatic heterocycles. The van der Waals surface area contributed by atoms with Gasteiger partial charge in [0, 0.05) is 5.56 Å². The fourth-order valence-corrected chi connectivity index (χ4v) is 2.99. The van der Waals surface area contributed by atoms with Gasteiger partial charge in [0.1, 0.15) is 5.82 Å². The van der Waals surface area contributed by atoms with E-state index in [4.69, 9.17) is 26.8 Å². The first-order chi connectivity index (χ1) is 9.97. The maximum absolute atomic E-state index is 6.20. The standard InChI is InChI=1S/C14H13BrClN3O2/c1-6(2)11-10(15)13(17)19-14(18-11)7-3-8(16)12-9(4-7)20-5-21-12/h3-4,6H,5H2,1-2H3,(H2,17,18,19). The molecule has 2 N–H and O–H groups in total. The lowest BCUT2D eigenvalue weighted by atomic mass is 10.1. The predicted molar refractivity (Wildman–Crippen MR) is 84.8 cm³/mol. The fourth-order valence-electron chi connectivity index (χ4n) is 2.09. The van der Waals surface area contributed by atoms with E-state index < -0.39 is 0 Å². The molecule has 1 aliphatic heterocycles. The molecule has 21 heavy (non-hydrogen) atoms. The van der Waals surface area contributed by atoms with Crippen molar-refractivity contribution in [2.45, 2.75) is 19.8 Å². The summed E-state index contributed by atoms with van der Waals surface area (Å²) in [4.78, 5) is 8.89. The molecule has 7 heteroatoms. The van der Waals surface area contributed by atoms with Crippen molar-refractivity contribution < 1.29 is 9.47 Å². The molecule has 0 saturated carbocycles. The highest BCUT2D eigenvalue weighted by Gasteiger charge is 2.21. The number of rotatable bonds is 2. The van der Waals surface area contributed by atoms with Crippen LogP contribution in [-0.2, 0) is 0 Å². The molecule has 0 saturated heterocycles. The molecular formula is C14H13BrClN3O2. The molecule has 1 aromatic carbocycles. The summed E-state index contributed by atoms with van der Waals surface area (Å²) < 4.78 is 11.4. The van der Waals surface area contributed by atoms with E-state index >= 15 is 0 Å². The van der Waals surface area contributed by atoms with Gasteiger partial charge in [-0.2, -0.15) is 0 Å². The molecule has 0 fully saturated rings. The summed E-state index contributed by atoms with van der Waals surface area (Å²) in [6.07, 6.45) is 0. The number of nitrogens with zero attached hydrogens (tertiary/aromatic N) is 2. The number of nitrogens with two attached hydrogens (primary N) is 1. The van der Waals surface area contributed by atoms with Gasteiger partial charge < -0.3 is 15.2 Å². The van der Waals surface area contributed by atoms with Crippen LogP contribution in [0.25, 0.3) is 11.4 Å². The van der Waals surface area contributed by atoms with E-state index in [1.165, 1.54) is 0 Å². The second kappa shape index (κ2) is 5.35. The topological polar surface area (TPSA) is 70.3 Å². The van der Waals surface area contributed by atoms with Crippen LogP contribution in [0.15, 0.2) is 16.6 Å². The average molecular weight is 371 g/mol. The molecule has 0 bridgehead atoms. The zero-order valence-electron chi connectivity index (χ0n) is 11.5. The van der Waals surface area contributed by atoms with Crippen LogP contribution in [0.3, 0.4) is 0 Å². The first kappa shape index (κ1) is 14.4. The van der Waals surface area contributed by atoms with E-state index in [1.807, 2.05) is 13.8 Å². The van der Waals surface area contributed by atoms with Crippen molar-refractivity contribution in [3.05, 3.63) is 27.3 Å².